The van der Waals surface area contributed by atoms with Crippen molar-refractivity contribution in [3.05, 3.63) is 70.2 Å². The number of hydrogen-bond donors (Lipinski definition) is 2. The second-order valence-corrected chi connectivity index (χ2v) is 7.72. The van der Waals surface area contributed by atoms with Crippen LogP contribution in [0.1, 0.15) is 16.1 Å². The van der Waals surface area contributed by atoms with Crippen LogP contribution in [0, 0.1) is 13.8 Å². The number of thiazole rings is 1. The molecule has 0 saturated carbocycles. The lowest BCUT2D eigenvalue weighted by Gasteiger charge is -2.13. The van der Waals surface area contributed by atoms with Crippen molar-refractivity contribution in [2.24, 2.45) is 0 Å². The first-order valence-corrected chi connectivity index (χ1v) is 9.58. The quantitative estimate of drug-likeness (QED) is 0.458. The molecule has 0 aliphatic carbocycles. The van der Waals surface area contributed by atoms with Gasteiger partial charge in [-0.1, -0.05) is 30.0 Å². The summed E-state index contributed by atoms with van der Waals surface area (Å²) in [5.41, 5.74) is 3.74. The number of rotatable bonds is 7. The van der Waals surface area contributed by atoms with E-state index in [4.69, 9.17) is 0 Å². The molecule has 3 nitrogen and oxygen atoms in total. The molecule has 124 valence electrons. The van der Waals surface area contributed by atoms with Gasteiger partial charge in [-0.25, -0.2) is 4.98 Å². The molecule has 0 fully saturated rings. The highest BCUT2D eigenvalue weighted by molar-refractivity contribution is 7.99. The highest BCUT2D eigenvalue weighted by Crippen LogP contribution is 2.34. The van der Waals surface area contributed by atoms with Gasteiger partial charge in [-0.15, -0.1) is 11.3 Å². The molecule has 24 heavy (non-hydrogen) atoms. The van der Waals surface area contributed by atoms with E-state index in [1.807, 2.05) is 11.6 Å². The van der Waals surface area contributed by atoms with Gasteiger partial charge in [0.05, 0.1) is 6.67 Å². The SMILES string of the molecule is Cc1cc(C)cc(Sc2ccccc2NCNCc2nccs2)c1. The zero-order chi connectivity index (χ0) is 16.8. The third-order valence-electron chi connectivity index (χ3n) is 3.47. The second kappa shape index (κ2) is 8.33. The molecule has 3 aromatic rings. The summed E-state index contributed by atoms with van der Waals surface area (Å²) in [7, 11) is 0. The van der Waals surface area contributed by atoms with Crippen LogP contribution in [-0.2, 0) is 6.54 Å². The summed E-state index contributed by atoms with van der Waals surface area (Å²) in [5, 5.41) is 9.95. The normalized spacial score (nSPS) is 10.8. The fourth-order valence-corrected chi connectivity index (χ4v) is 4.21. The zero-order valence-corrected chi connectivity index (χ0v) is 15.5. The van der Waals surface area contributed by atoms with Crippen molar-refractivity contribution in [1.82, 2.24) is 10.3 Å². The van der Waals surface area contributed by atoms with Crippen LogP contribution in [0.3, 0.4) is 0 Å². The summed E-state index contributed by atoms with van der Waals surface area (Å²) in [4.78, 5) is 6.79. The Morgan fingerprint density at radius 1 is 1.08 bits per heavy atom. The highest BCUT2D eigenvalue weighted by Gasteiger charge is 2.05. The van der Waals surface area contributed by atoms with Crippen LogP contribution in [0.25, 0.3) is 0 Å². The Balaban J connectivity index is 1.62. The van der Waals surface area contributed by atoms with E-state index in [1.54, 1.807) is 23.1 Å². The van der Waals surface area contributed by atoms with E-state index in [9.17, 15) is 0 Å². The molecule has 0 atom stereocenters. The minimum Gasteiger partial charge on any atom is -0.372 e. The van der Waals surface area contributed by atoms with Crippen molar-refractivity contribution in [3.63, 3.8) is 0 Å². The molecule has 0 bridgehead atoms. The van der Waals surface area contributed by atoms with Crippen molar-refractivity contribution in [2.45, 2.75) is 30.2 Å². The molecule has 0 aliphatic rings. The van der Waals surface area contributed by atoms with Gasteiger partial charge in [0.25, 0.3) is 0 Å². The van der Waals surface area contributed by atoms with Gasteiger partial charge in [-0.05, 0) is 49.2 Å². The monoisotopic (exact) mass is 355 g/mol. The Kier molecular flexibility index (Phi) is 5.91. The molecule has 2 aromatic carbocycles. The number of nitrogens with zero attached hydrogens (tertiary/aromatic N) is 1. The summed E-state index contributed by atoms with van der Waals surface area (Å²) in [6.07, 6.45) is 1.84. The van der Waals surface area contributed by atoms with Crippen LogP contribution >= 0.6 is 23.1 Å². The van der Waals surface area contributed by atoms with Gasteiger partial charge in [-0.3, -0.25) is 5.32 Å². The third kappa shape index (κ3) is 4.84. The van der Waals surface area contributed by atoms with E-state index < -0.39 is 0 Å². The standard InChI is InChI=1S/C19H21N3S2/c1-14-9-15(2)11-16(10-14)24-18-6-4-3-5-17(18)22-13-20-12-19-21-7-8-23-19/h3-11,20,22H,12-13H2,1-2H3. The summed E-state index contributed by atoms with van der Waals surface area (Å²) >= 11 is 3.47. The number of aromatic nitrogens is 1. The molecular formula is C19H21N3S2. The van der Waals surface area contributed by atoms with Gasteiger partial charge in [0.15, 0.2) is 0 Å². The van der Waals surface area contributed by atoms with Gasteiger partial charge >= 0.3 is 0 Å². The first kappa shape index (κ1) is 17.0. The van der Waals surface area contributed by atoms with Crippen molar-refractivity contribution in [3.8, 4) is 0 Å². The topological polar surface area (TPSA) is 37.0 Å². The molecule has 0 amide bonds. The number of anilines is 1. The highest BCUT2D eigenvalue weighted by atomic mass is 32.2. The smallest absolute Gasteiger partial charge is 0.106 e. The molecule has 0 aliphatic heterocycles. The Morgan fingerprint density at radius 3 is 2.62 bits per heavy atom. The van der Waals surface area contributed by atoms with Gasteiger partial charge in [0, 0.05) is 33.6 Å². The number of benzene rings is 2. The molecular weight excluding hydrogens is 334 g/mol. The van der Waals surface area contributed by atoms with Crippen molar-refractivity contribution in [2.75, 3.05) is 12.0 Å². The predicted molar refractivity (Wildman–Crippen MR) is 104 cm³/mol. The molecule has 1 aromatic heterocycles. The average molecular weight is 356 g/mol. The fraction of sp³-hybridized carbons (Fsp3) is 0.211. The average Bonchev–Trinajstić information content (AvgIpc) is 3.05. The first-order valence-electron chi connectivity index (χ1n) is 7.89. The van der Waals surface area contributed by atoms with E-state index in [0.29, 0.717) is 6.67 Å². The molecule has 3 rings (SSSR count). The molecule has 2 N–H and O–H groups in total. The lowest BCUT2D eigenvalue weighted by Crippen LogP contribution is -2.21. The van der Waals surface area contributed by atoms with Crippen LogP contribution in [0.5, 0.6) is 0 Å². The minimum absolute atomic E-state index is 0.712. The predicted octanol–water partition coefficient (Wildman–Crippen LogP) is 5.07. The van der Waals surface area contributed by atoms with E-state index >= 15 is 0 Å². The Bertz CT molecular complexity index is 765. The summed E-state index contributed by atoms with van der Waals surface area (Å²) in [5.74, 6) is 0. The zero-order valence-electron chi connectivity index (χ0n) is 13.9. The third-order valence-corrected chi connectivity index (χ3v) is 5.30. The van der Waals surface area contributed by atoms with E-state index in [-0.39, 0.29) is 0 Å². The Morgan fingerprint density at radius 2 is 1.88 bits per heavy atom. The second-order valence-electron chi connectivity index (χ2n) is 5.63. The number of hydrogen-bond acceptors (Lipinski definition) is 5. The molecule has 1 heterocycles. The maximum absolute atomic E-state index is 4.27. The van der Waals surface area contributed by atoms with Crippen LogP contribution in [0.15, 0.2) is 63.8 Å². The Hall–Kier alpha value is -1.82. The fourth-order valence-electron chi connectivity index (χ4n) is 2.49. The van der Waals surface area contributed by atoms with Gasteiger partial charge in [0.2, 0.25) is 0 Å². The maximum atomic E-state index is 4.27. The lowest BCUT2D eigenvalue weighted by atomic mass is 10.2. The minimum atomic E-state index is 0.712. The van der Waals surface area contributed by atoms with E-state index in [2.05, 4.69) is 71.9 Å². The molecule has 0 radical (unpaired) electrons. The van der Waals surface area contributed by atoms with Gasteiger partial charge in [0.1, 0.15) is 5.01 Å². The number of para-hydroxylation sites is 1. The van der Waals surface area contributed by atoms with Gasteiger partial charge < -0.3 is 5.32 Å². The van der Waals surface area contributed by atoms with Crippen LogP contribution < -0.4 is 10.6 Å². The van der Waals surface area contributed by atoms with Gasteiger partial charge in [-0.2, -0.15) is 0 Å². The summed E-state index contributed by atoms with van der Waals surface area (Å²) in [6, 6.07) is 15.1. The van der Waals surface area contributed by atoms with Crippen molar-refractivity contribution >= 4 is 28.8 Å². The van der Waals surface area contributed by atoms with Crippen molar-refractivity contribution < 1.29 is 0 Å². The van der Waals surface area contributed by atoms with Crippen LogP contribution in [-0.4, -0.2) is 11.7 Å². The molecule has 5 heteroatoms. The van der Waals surface area contributed by atoms with Crippen LogP contribution in [0.4, 0.5) is 5.69 Å². The van der Waals surface area contributed by atoms with Crippen LogP contribution in [0.2, 0.25) is 0 Å². The lowest BCUT2D eigenvalue weighted by molar-refractivity contribution is 0.729. The number of aryl methyl sites for hydroxylation is 2. The summed E-state index contributed by atoms with van der Waals surface area (Å²) < 4.78 is 0. The van der Waals surface area contributed by atoms with E-state index in [1.165, 1.54) is 20.9 Å². The summed E-state index contributed by atoms with van der Waals surface area (Å²) in [6.45, 7) is 5.79. The van der Waals surface area contributed by atoms with E-state index in [0.717, 1.165) is 17.2 Å². The molecule has 0 spiro atoms. The first-order chi connectivity index (χ1) is 11.7. The maximum Gasteiger partial charge on any atom is 0.106 e. The van der Waals surface area contributed by atoms with Crippen molar-refractivity contribution in [1.29, 1.82) is 0 Å². The molecule has 0 saturated heterocycles. The Labute approximate surface area is 151 Å². The number of nitrogens with one attached hydrogen (secondary N) is 2. The largest absolute Gasteiger partial charge is 0.372 e. The molecule has 0 unspecified atom stereocenters.